The van der Waals surface area contributed by atoms with E-state index >= 15 is 0 Å². The van der Waals surface area contributed by atoms with Crippen LogP contribution in [0, 0.1) is 5.41 Å². The molecule has 1 saturated carbocycles. The summed E-state index contributed by atoms with van der Waals surface area (Å²) in [5, 5.41) is 8.66. The van der Waals surface area contributed by atoms with E-state index in [1.807, 2.05) is 0 Å². The van der Waals surface area contributed by atoms with Crippen molar-refractivity contribution >= 4 is 17.7 Å². The quantitative estimate of drug-likeness (QED) is 0.640. The number of carboxylic acid groups (broad SMARTS) is 1. The Bertz CT molecular complexity index is 178. The van der Waals surface area contributed by atoms with Crippen molar-refractivity contribution in [1.82, 2.24) is 0 Å². The van der Waals surface area contributed by atoms with Gasteiger partial charge in [0.25, 0.3) is 0 Å². The highest BCUT2D eigenvalue weighted by Gasteiger charge is 2.43. The van der Waals surface area contributed by atoms with Gasteiger partial charge in [-0.05, 0) is 24.0 Å². The van der Waals surface area contributed by atoms with E-state index in [1.54, 1.807) is 18.9 Å². The van der Waals surface area contributed by atoms with Gasteiger partial charge in [0.05, 0.1) is 13.0 Å². The summed E-state index contributed by atoms with van der Waals surface area (Å²) >= 11 is 1.80. The smallest absolute Gasteiger partial charge is 0.303 e. The Kier molecular flexibility index (Phi) is 4.06. The van der Waals surface area contributed by atoms with E-state index in [0.717, 1.165) is 31.0 Å². The van der Waals surface area contributed by atoms with E-state index in [2.05, 4.69) is 0 Å². The number of rotatable bonds is 7. The molecule has 0 aromatic heterocycles. The lowest BCUT2D eigenvalue weighted by atomic mass is 10.1. The number of carboxylic acids is 1. The Morgan fingerprint density at radius 1 is 1.62 bits per heavy atom. The number of ether oxygens (including phenoxy) is 1. The van der Waals surface area contributed by atoms with Crippen molar-refractivity contribution < 1.29 is 14.6 Å². The van der Waals surface area contributed by atoms with Crippen LogP contribution in [0.15, 0.2) is 0 Å². The number of thioether (sulfide) groups is 1. The first-order valence-corrected chi connectivity index (χ1v) is 5.62. The van der Waals surface area contributed by atoms with Gasteiger partial charge in [0.1, 0.15) is 0 Å². The molecule has 76 valence electrons. The van der Waals surface area contributed by atoms with Crippen molar-refractivity contribution in [2.45, 2.75) is 19.3 Å². The second kappa shape index (κ2) is 4.86. The van der Waals surface area contributed by atoms with Crippen molar-refractivity contribution in [3.63, 3.8) is 0 Å². The van der Waals surface area contributed by atoms with Gasteiger partial charge in [-0.2, -0.15) is 11.8 Å². The third kappa shape index (κ3) is 4.00. The Balaban J connectivity index is 2.09. The fourth-order valence-corrected chi connectivity index (χ4v) is 2.55. The van der Waals surface area contributed by atoms with E-state index < -0.39 is 5.97 Å². The summed E-state index contributed by atoms with van der Waals surface area (Å²) in [6.45, 7) is 0.758. The summed E-state index contributed by atoms with van der Waals surface area (Å²) in [5.74, 6) is 1.28. The lowest BCUT2D eigenvalue weighted by Gasteiger charge is -2.10. The fraction of sp³-hybridized carbons (Fsp3) is 0.889. The van der Waals surface area contributed by atoms with E-state index in [9.17, 15) is 4.79 Å². The average Bonchev–Trinajstić information content (AvgIpc) is 2.78. The van der Waals surface area contributed by atoms with E-state index in [0.29, 0.717) is 6.42 Å². The maximum atomic E-state index is 10.5. The lowest BCUT2D eigenvalue weighted by Crippen LogP contribution is -2.11. The minimum atomic E-state index is -0.662. The molecule has 1 fully saturated rings. The third-order valence-corrected chi connectivity index (χ3v) is 3.60. The maximum absolute atomic E-state index is 10.5. The van der Waals surface area contributed by atoms with Crippen LogP contribution < -0.4 is 0 Å². The van der Waals surface area contributed by atoms with Crippen LogP contribution in [0.3, 0.4) is 0 Å². The topological polar surface area (TPSA) is 46.5 Å². The van der Waals surface area contributed by atoms with Crippen LogP contribution in [0.5, 0.6) is 0 Å². The first-order valence-electron chi connectivity index (χ1n) is 4.47. The predicted octanol–water partition coefficient (Wildman–Crippen LogP) is 1.62. The zero-order chi connectivity index (χ0) is 9.73. The molecule has 1 aliphatic carbocycles. The van der Waals surface area contributed by atoms with E-state index in [4.69, 9.17) is 9.84 Å². The Morgan fingerprint density at radius 2 is 2.31 bits per heavy atom. The molecule has 1 rings (SSSR count). The van der Waals surface area contributed by atoms with Gasteiger partial charge in [-0.1, -0.05) is 0 Å². The van der Waals surface area contributed by atoms with Crippen LogP contribution in [-0.4, -0.2) is 36.3 Å². The standard InChI is InChI=1S/C9H16O3S/c1-12-4-5-13-7-9(2-3-9)6-8(10)11/h2-7H2,1H3,(H,10,11). The molecular weight excluding hydrogens is 188 g/mol. The molecule has 0 spiro atoms. The van der Waals surface area contributed by atoms with Crippen LogP contribution in [0.25, 0.3) is 0 Å². The van der Waals surface area contributed by atoms with Crippen LogP contribution in [0.1, 0.15) is 19.3 Å². The molecule has 4 heteroatoms. The summed E-state index contributed by atoms with van der Waals surface area (Å²) in [5.41, 5.74) is 0.129. The molecule has 0 radical (unpaired) electrons. The summed E-state index contributed by atoms with van der Waals surface area (Å²) in [4.78, 5) is 10.5. The largest absolute Gasteiger partial charge is 0.481 e. The second-order valence-electron chi connectivity index (χ2n) is 3.62. The van der Waals surface area contributed by atoms with Gasteiger partial charge in [0, 0.05) is 12.9 Å². The van der Waals surface area contributed by atoms with Gasteiger partial charge in [-0.25, -0.2) is 0 Å². The fourth-order valence-electron chi connectivity index (χ4n) is 1.30. The monoisotopic (exact) mass is 204 g/mol. The van der Waals surface area contributed by atoms with Gasteiger partial charge in [-0.15, -0.1) is 0 Å². The molecule has 1 aliphatic rings. The molecular formula is C9H16O3S. The number of hydrogen-bond donors (Lipinski definition) is 1. The van der Waals surface area contributed by atoms with Crippen molar-refractivity contribution in [1.29, 1.82) is 0 Å². The van der Waals surface area contributed by atoms with Crippen LogP contribution in [-0.2, 0) is 9.53 Å². The molecule has 0 saturated heterocycles. The Labute approximate surface area is 82.8 Å². The first kappa shape index (κ1) is 10.9. The molecule has 0 atom stereocenters. The number of methoxy groups -OCH3 is 1. The Morgan fingerprint density at radius 3 is 2.77 bits per heavy atom. The second-order valence-corrected chi connectivity index (χ2v) is 4.72. The highest BCUT2D eigenvalue weighted by Crippen LogP contribution is 2.50. The van der Waals surface area contributed by atoms with Crippen molar-refractivity contribution in [3.05, 3.63) is 0 Å². The lowest BCUT2D eigenvalue weighted by molar-refractivity contribution is -0.138. The van der Waals surface area contributed by atoms with Crippen molar-refractivity contribution in [2.75, 3.05) is 25.2 Å². The molecule has 0 heterocycles. The zero-order valence-electron chi connectivity index (χ0n) is 7.91. The molecule has 0 aromatic carbocycles. The van der Waals surface area contributed by atoms with Gasteiger partial charge in [0.15, 0.2) is 0 Å². The minimum absolute atomic E-state index is 0.129. The van der Waals surface area contributed by atoms with Crippen LogP contribution in [0.4, 0.5) is 0 Å². The van der Waals surface area contributed by atoms with E-state index in [-0.39, 0.29) is 5.41 Å². The minimum Gasteiger partial charge on any atom is -0.481 e. The molecule has 3 nitrogen and oxygen atoms in total. The number of hydrogen-bond acceptors (Lipinski definition) is 3. The van der Waals surface area contributed by atoms with E-state index in [1.165, 1.54) is 0 Å². The zero-order valence-corrected chi connectivity index (χ0v) is 8.73. The molecule has 0 unspecified atom stereocenters. The first-order chi connectivity index (χ1) is 6.18. The van der Waals surface area contributed by atoms with Crippen molar-refractivity contribution in [3.8, 4) is 0 Å². The van der Waals surface area contributed by atoms with Crippen LogP contribution >= 0.6 is 11.8 Å². The molecule has 0 aliphatic heterocycles. The Hall–Kier alpha value is -0.220. The molecule has 0 aromatic rings. The third-order valence-electron chi connectivity index (χ3n) is 2.32. The molecule has 13 heavy (non-hydrogen) atoms. The summed E-state index contributed by atoms with van der Waals surface area (Å²) in [6, 6.07) is 0. The SMILES string of the molecule is COCCSCC1(CC(=O)O)CC1. The number of carbonyl (C=O) groups is 1. The summed E-state index contributed by atoms with van der Waals surface area (Å²) in [7, 11) is 1.69. The van der Waals surface area contributed by atoms with Crippen molar-refractivity contribution in [2.24, 2.45) is 5.41 Å². The molecule has 1 N–H and O–H groups in total. The maximum Gasteiger partial charge on any atom is 0.303 e. The van der Waals surface area contributed by atoms with Crippen LogP contribution in [0.2, 0.25) is 0 Å². The summed E-state index contributed by atoms with van der Waals surface area (Å²) in [6.07, 6.45) is 2.51. The average molecular weight is 204 g/mol. The van der Waals surface area contributed by atoms with Gasteiger partial charge in [0.2, 0.25) is 0 Å². The summed E-state index contributed by atoms with van der Waals surface area (Å²) < 4.78 is 4.92. The molecule has 0 amide bonds. The highest BCUT2D eigenvalue weighted by atomic mass is 32.2. The number of aliphatic carboxylic acids is 1. The van der Waals surface area contributed by atoms with Gasteiger partial charge >= 0.3 is 5.97 Å². The normalized spacial score (nSPS) is 18.5. The highest BCUT2D eigenvalue weighted by molar-refractivity contribution is 7.99. The van der Waals surface area contributed by atoms with Gasteiger partial charge in [-0.3, -0.25) is 4.79 Å². The molecule has 0 bridgehead atoms. The predicted molar refractivity (Wildman–Crippen MR) is 53.1 cm³/mol. The van der Waals surface area contributed by atoms with Gasteiger partial charge < -0.3 is 9.84 Å².